The molecule has 1 unspecified atom stereocenters. The Hall–Kier alpha value is -1.11. The van der Waals surface area contributed by atoms with Gasteiger partial charge in [0.1, 0.15) is 12.0 Å². The van der Waals surface area contributed by atoms with E-state index < -0.39 is 6.10 Å². The van der Waals surface area contributed by atoms with Crippen LogP contribution in [0.4, 0.5) is 0 Å². The van der Waals surface area contributed by atoms with Gasteiger partial charge in [0.15, 0.2) is 0 Å². The van der Waals surface area contributed by atoms with E-state index in [2.05, 4.69) is 0 Å². The van der Waals surface area contributed by atoms with E-state index in [1.54, 1.807) is 24.2 Å². The zero-order chi connectivity index (χ0) is 7.56. The highest BCUT2D eigenvalue weighted by molar-refractivity contribution is 5.62. The molecule has 2 nitrogen and oxygen atoms in total. The van der Waals surface area contributed by atoms with Gasteiger partial charge in [0, 0.05) is 0 Å². The van der Waals surface area contributed by atoms with Crippen LogP contribution in [0.25, 0.3) is 0 Å². The van der Waals surface area contributed by atoms with Gasteiger partial charge in [-0.1, -0.05) is 17.7 Å². The minimum absolute atomic E-state index is 0.306. The van der Waals surface area contributed by atoms with Crippen molar-refractivity contribution in [3.05, 3.63) is 29.4 Å². The first-order valence-corrected chi connectivity index (χ1v) is 3.03. The fourth-order valence-corrected chi connectivity index (χ4v) is 0.815. The standard InChI is InChI=1S/C8H8O2/c1-6-2-3-8(10)7(4-6)5-9/h2-4,8,10H,1H3. The fourth-order valence-electron chi connectivity index (χ4n) is 0.815. The van der Waals surface area contributed by atoms with Crippen molar-refractivity contribution < 1.29 is 9.90 Å². The van der Waals surface area contributed by atoms with E-state index in [0.29, 0.717) is 5.57 Å². The Morgan fingerprint density at radius 3 is 2.90 bits per heavy atom. The summed E-state index contributed by atoms with van der Waals surface area (Å²) in [5, 5.41) is 9.06. The van der Waals surface area contributed by atoms with E-state index in [0.717, 1.165) is 5.57 Å². The third-order valence-corrected chi connectivity index (χ3v) is 1.36. The van der Waals surface area contributed by atoms with Crippen molar-refractivity contribution in [2.24, 2.45) is 0 Å². The quantitative estimate of drug-likeness (QED) is 0.496. The first-order valence-electron chi connectivity index (χ1n) is 3.03. The number of rotatable bonds is 0. The van der Waals surface area contributed by atoms with E-state index in [4.69, 9.17) is 5.11 Å². The largest absolute Gasteiger partial charge is 0.384 e. The fraction of sp³-hybridized carbons (Fsp3) is 0.250. The summed E-state index contributed by atoms with van der Waals surface area (Å²) in [4.78, 5) is 10.1. The van der Waals surface area contributed by atoms with Crippen LogP contribution < -0.4 is 0 Å². The van der Waals surface area contributed by atoms with Crippen molar-refractivity contribution in [1.82, 2.24) is 0 Å². The molecule has 0 fully saturated rings. The van der Waals surface area contributed by atoms with E-state index >= 15 is 0 Å². The Morgan fingerprint density at radius 1 is 1.70 bits per heavy atom. The van der Waals surface area contributed by atoms with Crippen LogP contribution in [0.2, 0.25) is 0 Å². The molecule has 10 heavy (non-hydrogen) atoms. The molecule has 2 heteroatoms. The molecule has 1 aliphatic rings. The normalized spacial score (nSPS) is 24.0. The van der Waals surface area contributed by atoms with Gasteiger partial charge in [-0.3, -0.25) is 0 Å². The molecule has 1 N–H and O–H groups in total. The number of hydrogen-bond donors (Lipinski definition) is 1. The average Bonchev–Trinajstić information content (AvgIpc) is 1.94. The molecular weight excluding hydrogens is 128 g/mol. The Balaban J connectivity index is 2.98. The molecule has 0 aromatic rings. The maximum Gasteiger partial charge on any atom is 0.131 e. The SMILES string of the molecule is CC1=CC(=C=O)C(O)C=C1. The topological polar surface area (TPSA) is 37.3 Å². The van der Waals surface area contributed by atoms with Crippen molar-refractivity contribution in [2.75, 3.05) is 0 Å². The Morgan fingerprint density at radius 2 is 2.40 bits per heavy atom. The molecule has 52 valence electrons. The monoisotopic (exact) mass is 136 g/mol. The molecular formula is C8H8O2. The van der Waals surface area contributed by atoms with Gasteiger partial charge >= 0.3 is 0 Å². The van der Waals surface area contributed by atoms with Crippen LogP contribution in [0, 0.1) is 0 Å². The lowest BCUT2D eigenvalue weighted by molar-refractivity contribution is 0.263. The van der Waals surface area contributed by atoms with E-state index in [9.17, 15) is 4.79 Å². The van der Waals surface area contributed by atoms with Gasteiger partial charge in [-0.25, -0.2) is 4.79 Å². The zero-order valence-corrected chi connectivity index (χ0v) is 5.66. The summed E-state index contributed by atoms with van der Waals surface area (Å²) in [6.45, 7) is 1.86. The smallest absolute Gasteiger partial charge is 0.131 e. The summed E-state index contributed by atoms with van der Waals surface area (Å²) >= 11 is 0. The molecule has 0 amide bonds. The van der Waals surface area contributed by atoms with Crippen LogP contribution in [-0.4, -0.2) is 17.2 Å². The highest BCUT2D eigenvalue weighted by atomic mass is 16.3. The van der Waals surface area contributed by atoms with Gasteiger partial charge in [0.05, 0.1) is 5.57 Å². The van der Waals surface area contributed by atoms with E-state index in [1.807, 2.05) is 6.92 Å². The number of carbonyl (C=O) groups excluding carboxylic acids is 1. The van der Waals surface area contributed by atoms with Gasteiger partial charge in [-0.15, -0.1) is 0 Å². The lowest BCUT2D eigenvalue weighted by Crippen LogP contribution is -2.08. The maximum atomic E-state index is 10.1. The average molecular weight is 136 g/mol. The molecule has 1 atom stereocenters. The van der Waals surface area contributed by atoms with Crippen LogP contribution in [0.15, 0.2) is 29.4 Å². The molecule has 0 aromatic carbocycles. The third kappa shape index (κ3) is 1.24. The number of hydrogen-bond acceptors (Lipinski definition) is 2. The van der Waals surface area contributed by atoms with Crippen molar-refractivity contribution in [3.63, 3.8) is 0 Å². The summed E-state index contributed by atoms with van der Waals surface area (Å²) in [7, 11) is 0. The predicted molar refractivity (Wildman–Crippen MR) is 38.1 cm³/mol. The number of aliphatic hydroxyl groups is 1. The maximum absolute atomic E-state index is 10.1. The van der Waals surface area contributed by atoms with Crippen LogP contribution in [0.3, 0.4) is 0 Å². The van der Waals surface area contributed by atoms with Gasteiger partial charge in [0.2, 0.25) is 0 Å². The lowest BCUT2D eigenvalue weighted by Gasteiger charge is -2.07. The molecule has 0 aliphatic heterocycles. The molecule has 1 aliphatic carbocycles. The van der Waals surface area contributed by atoms with Crippen LogP contribution >= 0.6 is 0 Å². The molecule has 0 radical (unpaired) electrons. The van der Waals surface area contributed by atoms with Crippen LogP contribution in [-0.2, 0) is 4.79 Å². The minimum atomic E-state index is -0.763. The van der Waals surface area contributed by atoms with E-state index in [1.165, 1.54) is 0 Å². The Bertz CT molecular complexity index is 242. The first kappa shape index (κ1) is 7.00. The second-order valence-corrected chi connectivity index (χ2v) is 2.25. The molecule has 1 rings (SSSR count). The first-order chi connectivity index (χ1) is 4.74. The van der Waals surface area contributed by atoms with Crippen molar-refractivity contribution in [2.45, 2.75) is 13.0 Å². The predicted octanol–water partition coefficient (Wildman–Crippen LogP) is 0.621. The van der Waals surface area contributed by atoms with Crippen molar-refractivity contribution in [1.29, 1.82) is 0 Å². The highest BCUT2D eigenvalue weighted by Gasteiger charge is 2.08. The molecule has 0 saturated carbocycles. The van der Waals surface area contributed by atoms with Crippen LogP contribution in [0.5, 0.6) is 0 Å². The molecule has 0 aromatic heterocycles. The second kappa shape index (κ2) is 2.65. The van der Waals surface area contributed by atoms with Gasteiger partial charge in [0.25, 0.3) is 0 Å². The minimum Gasteiger partial charge on any atom is -0.384 e. The summed E-state index contributed by atoms with van der Waals surface area (Å²) in [6.07, 6.45) is 4.19. The summed E-state index contributed by atoms with van der Waals surface area (Å²) in [6, 6.07) is 0. The number of aliphatic hydroxyl groups excluding tert-OH is 1. The summed E-state index contributed by atoms with van der Waals surface area (Å²) < 4.78 is 0. The molecule has 0 saturated heterocycles. The van der Waals surface area contributed by atoms with Gasteiger partial charge in [-0.2, -0.15) is 0 Å². The highest BCUT2D eigenvalue weighted by Crippen LogP contribution is 2.12. The molecule has 0 bridgehead atoms. The van der Waals surface area contributed by atoms with Crippen LogP contribution in [0.1, 0.15) is 6.92 Å². The summed E-state index contributed by atoms with van der Waals surface area (Å²) in [5.74, 6) is 1.67. The Kier molecular flexibility index (Phi) is 1.86. The molecule has 0 spiro atoms. The van der Waals surface area contributed by atoms with Gasteiger partial charge < -0.3 is 5.11 Å². The lowest BCUT2D eigenvalue weighted by atomic mass is 10.0. The van der Waals surface area contributed by atoms with E-state index in [-0.39, 0.29) is 0 Å². The summed E-state index contributed by atoms with van der Waals surface area (Å²) in [5.41, 5.74) is 1.27. The Labute approximate surface area is 59.2 Å². The number of allylic oxidation sites excluding steroid dienone is 2. The second-order valence-electron chi connectivity index (χ2n) is 2.25. The van der Waals surface area contributed by atoms with Gasteiger partial charge in [-0.05, 0) is 13.0 Å². The third-order valence-electron chi connectivity index (χ3n) is 1.36. The zero-order valence-electron chi connectivity index (χ0n) is 5.66. The molecule has 0 heterocycles. The van der Waals surface area contributed by atoms with Crippen molar-refractivity contribution in [3.8, 4) is 0 Å². The van der Waals surface area contributed by atoms with Crippen molar-refractivity contribution >= 4 is 5.94 Å².